The summed E-state index contributed by atoms with van der Waals surface area (Å²) in [6, 6.07) is 16.7. The van der Waals surface area contributed by atoms with Crippen molar-refractivity contribution in [3.8, 4) is 11.8 Å². The molecule has 3 heterocycles. The van der Waals surface area contributed by atoms with Crippen LogP contribution in [0.25, 0.3) is 0 Å². The van der Waals surface area contributed by atoms with Crippen molar-refractivity contribution in [3.05, 3.63) is 87.2 Å². The Hall–Kier alpha value is -3.04. The summed E-state index contributed by atoms with van der Waals surface area (Å²) in [5.74, 6) is 7.12. The number of rotatable bonds is 5. The van der Waals surface area contributed by atoms with E-state index in [0.717, 1.165) is 79.7 Å². The highest BCUT2D eigenvalue weighted by Gasteiger charge is 2.20. The average molecular weight is 510 g/mol. The monoisotopic (exact) mass is 509 g/mol. The van der Waals surface area contributed by atoms with Gasteiger partial charge in [-0.05, 0) is 72.3 Å². The molecule has 2 fully saturated rings. The molecule has 6 rings (SSSR count). The van der Waals surface area contributed by atoms with E-state index in [9.17, 15) is 0 Å². The molecule has 1 aliphatic carbocycles. The molecule has 0 amide bonds. The number of piperazine rings is 1. The Bertz CT molecular complexity index is 1370. The maximum atomic E-state index is 6.50. The molecule has 3 aliphatic rings. The van der Waals surface area contributed by atoms with Crippen molar-refractivity contribution in [2.75, 3.05) is 33.2 Å². The molecule has 37 heavy (non-hydrogen) atoms. The first-order valence-corrected chi connectivity index (χ1v) is 13.7. The molecule has 2 aromatic carbocycles. The fourth-order valence-corrected chi connectivity index (χ4v) is 5.41. The molecule has 0 radical (unpaired) electrons. The zero-order valence-corrected chi connectivity index (χ0v) is 22.1. The second-order valence-corrected chi connectivity index (χ2v) is 11.0. The van der Waals surface area contributed by atoms with E-state index in [1.807, 2.05) is 24.3 Å². The summed E-state index contributed by atoms with van der Waals surface area (Å²) in [4.78, 5) is 9.87. The first-order valence-electron chi connectivity index (χ1n) is 13.3. The van der Waals surface area contributed by atoms with Crippen molar-refractivity contribution in [3.63, 3.8) is 0 Å². The summed E-state index contributed by atoms with van der Waals surface area (Å²) < 4.78 is 0. The van der Waals surface area contributed by atoms with Crippen LogP contribution in [0.1, 0.15) is 52.9 Å². The van der Waals surface area contributed by atoms with E-state index in [4.69, 9.17) is 16.6 Å². The number of aliphatic imine (C=N–C) groups is 1. The van der Waals surface area contributed by atoms with Gasteiger partial charge in [0.2, 0.25) is 0 Å². The SMILES string of the molecule is CN1CCN(Cc2ccc3c(c2)CC(c2ccc(Cl)c(C#Cc4ccc(CC5CCC5)nn4)c2)=N3)CC1. The molecule has 188 valence electrons. The molecule has 0 atom stereocenters. The van der Waals surface area contributed by atoms with Gasteiger partial charge in [0.25, 0.3) is 0 Å². The van der Waals surface area contributed by atoms with Gasteiger partial charge in [-0.3, -0.25) is 9.89 Å². The van der Waals surface area contributed by atoms with Crippen LogP contribution in [0.2, 0.25) is 5.02 Å². The van der Waals surface area contributed by atoms with Crippen LogP contribution in [0.15, 0.2) is 53.5 Å². The molecule has 1 saturated heterocycles. The molecule has 0 unspecified atom stereocenters. The van der Waals surface area contributed by atoms with E-state index in [2.05, 4.69) is 63.2 Å². The summed E-state index contributed by atoms with van der Waals surface area (Å²) in [5.41, 5.74) is 8.35. The van der Waals surface area contributed by atoms with Gasteiger partial charge in [0.05, 0.1) is 22.1 Å². The van der Waals surface area contributed by atoms with Crippen molar-refractivity contribution in [1.29, 1.82) is 0 Å². The lowest BCUT2D eigenvalue weighted by Crippen LogP contribution is -2.43. The Kier molecular flexibility index (Phi) is 7.06. The molecular weight excluding hydrogens is 478 g/mol. The molecule has 0 N–H and O–H groups in total. The molecule has 6 heteroatoms. The van der Waals surface area contributed by atoms with E-state index in [1.165, 1.54) is 30.4 Å². The molecule has 0 spiro atoms. The van der Waals surface area contributed by atoms with Gasteiger partial charge in [0.15, 0.2) is 0 Å². The van der Waals surface area contributed by atoms with E-state index in [-0.39, 0.29) is 0 Å². The lowest BCUT2D eigenvalue weighted by Gasteiger charge is -2.32. The van der Waals surface area contributed by atoms with Gasteiger partial charge >= 0.3 is 0 Å². The normalized spacial score (nSPS) is 18.1. The zero-order valence-electron chi connectivity index (χ0n) is 21.4. The van der Waals surface area contributed by atoms with Crippen molar-refractivity contribution in [2.24, 2.45) is 10.9 Å². The second-order valence-electron chi connectivity index (χ2n) is 10.6. The van der Waals surface area contributed by atoms with Crippen LogP contribution in [0.4, 0.5) is 5.69 Å². The quantitative estimate of drug-likeness (QED) is 0.438. The maximum absolute atomic E-state index is 6.50. The second kappa shape index (κ2) is 10.8. The van der Waals surface area contributed by atoms with Crippen LogP contribution in [-0.4, -0.2) is 58.9 Å². The Morgan fingerprint density at radius 3 is 2.57 bits per heavy atom. The number of hydrogen-bond acceptors (Lipinski definition) is 5. The lowest BCUT2D eigenvalue weighted by molar-refractivity contribution is 0.148. The number of hydrogen-bond donors (Lipinski definition) is 0. The van der Waals surface area contributed by atoms with Gasteiger partial charge in [0, 0.05) is 44.7 Å². The van der Waals surface area contributed by atoms with Crippen LogP contribution in [0.3, 0.4) is 0 Å². The Morgan fingerprint density at radius 2 is 1.81 bits per heavy atom. The number of fused-ring (bicyclic) bond motifs is 1. The smallest absolute Gasteiger partial charge is 0.136 e. The number of benzene rings is 2. The van der Waals surface area contributed by atoms with Gasteiger partial charge in [0.1, 0.15) is 5.69 Å². The minimum Gasteiger partial charge on any atom is -0.304 e. The third-order valence-corrected chi connectivity index (χ3v) is 8.16. The predicted octanol–water partition coefficient (Wildman–Crippen LogP) is 5.30. The predicted molar refractivity (Wildman–Crippen MR) is 150 cm³/mol. The largest absolute Gasteiger partial charge is 0.304 e. The molecule has 3 aromatic rings. The lowest BCUT2D eigenvalue weighted by atomic mass is 9.82. The summed E-state index contributed by atoms with van der Waals surface area (Å²) in [7, 11) is 2.20. The standard InChI is InChI=1S/C31H32ClN5/c1-36-13-15-37(16-14-36)21-23-5-12-30-26(17-23)20-31(33-30)25-7-11-29(32)24(19-25)6-8-27-9-10-28(35-34-27)18-22-3-2-4-22/h5,7,9-12,17,19,22H,2-4,13-16,18,20-21H2,1H3. The van der Waals surface area contributed by atoms with Crippen LogP contribution in [-0.2, 0) is 19.4 Å². The highest BCUT2D eigenvalue weighted by molar-refractivity contribution is 6.32. The van der Waals surface area contributed by atoms with E-state index >= 15 is 0 Å². The summed E-state index contributed by atoms with van der Waals surface area (Å²) in [6.07, 6.45) is 5.82. The van der Waals surface area contributed by atoms with Crippen LogP contribution in [0.5, 0.6) is 0 Å². The van der Waals surface area contributed by atoms with Gasteiger partial charge in [-0.1, -0.05) is 55.0 Å². The van der Waals surface area contributed by atoms with Gasteiger partial charge in [-0.15, -0.1) is 5.10 Å². The van der Waals surface area contributed by atoms with E-state index < -0.39 is 0 Å². The van der Waals surface area contributed by atoms with Crippen LogP contribution < -0.4 is 0 Å². The first kappa shape index (κ1) is 24.3. The fourth-order valence-electron chi connectivity index (χ4n) is 5.24. The van der Waals surface area contributed by atoms with Gasteiger partial charge in [-0.2, -0.15) is 5.10 Å². The number of aromatic nitrogens is 2. The third kappa shape index (κ3) is 5.78. The highest BCUT2D eigenvalue weighted by atomic mass is 35.5. The molecule has 0 bridgehead atoms. The van der Waals surface area contributed by atoms with Crippen molar-refractivity contribution >= 4 is 23.0 Å². The fraction of sp³-hybridized carbons (Fsp3) is 0.387. The topological polar surface area (TPSA) is 44.6 Å². The summed E-state index contributed by atoms with van der Waals surface area (Å²) >= 11 is 6.50. The Balaban J connectivity index is 1.13. The number of halogens is 1. The third-order valence-electron chi connectivity index (χ3n) is 7.83. The first-order chi connectivity index (χ1) is 18.1. The Morgan fingerprint density at radius 1 is 0.946 bits per heavy atom. The van der Waals surface area contributed by atoms with Gasteiger partial charge in [-0.25, -0.2) is 0 Å². The van der Waals surface area contributed by atoms with E-state index in [1.54, 1.807) is 0 Å². The average Bonchev–Trinajstić information content (AvgIpc) is 3.31. The minimum absolute atomic E-state index is 0.636. The molecule has 2 aliphatic heterocycles. The molecule has 5 nitrogen and oxygen atoms in total. The minimum atomic E-state index is 0.636. The molecular formula is C31H32ClN5. The molecule has 1 aromatic heterocycles. The number of nitrogens with zero attached hydrogens (tertiary/aromatic N) is 5. The maximum Gasteiger partial charge on any atom is 0.136 e. The summed E-state index contributed by atoms with van der Waals surface area (Å²) in [6.45, 7) is 5.53. The molecule has 1 saturated carbocycles. The summed E-state index contributed by atoms with van der Waals surface area (Å²) in [5, 5.41) is 9.33. The van der Waals surface area contributed by atoms with Crippen molar-refractivity contribution < 1.29 is 0 Å². The van der Waals surface area contributed by atoms with E-state index in [0.29, 0.717) is 10.7 Å². The van der Waals surface area contributed by atoms with Crippen molar-refractivity contribution in [2.45, 2.75) is 38.6 Å². The van der Waals surface area contributed by atoms with Crippen LogP contribution >= 0.6 is 11.6 Å². The zero-order chi connectivity index (χ0) is 25.2. The van der Waals surface area contributed by atoms with Crippen molar-refractivity contribution in [1.82, 2.24) is 20.0 Å². The number of likely N-dealkylation sites (N-methyl/N-ethyl adjacent to an activating group) is 1. The highest BCUT2D eigenvalue weighted by Crippen LogP contribution is 2.31. The van der Waals surface area contributed by atoms with Gasteiger partial charge < -0.3 is 4.90 Å². The van der Waals surface area contributed by atoms with Crippen LogP contribution in [0, 0.1) is 17.8 Å². The Labute approximate surface area is 224 Å².